The van der Waals surface area contributed by atoms with Crippen molar-refractivity contribution in [3.8, 4) is 5.75 Å². The standard InChI is InChI=1S/C10H5F3N2O3/c11-10(12,13)7-5-3-4(16)1-2-6(5)14-8(15-7)9(17)18/h1-3,16H,(H,17,18). The lowest BCUT2D eigenvalue weighted by atomic mass is 10.1. The zero-order chi connectivity index (χ0) is 13.5. The number of aromatic carboxylic acids is 1. The van der Waals surface area contributed by atoms with E-state index < -0.39 is 29.1 Å². The number of nitrogens with zero attached hydrogens (tertiary/aromatic N) is 2. The normalized spacial score (nSPS) is 11.7. The summed E-state index contributed by atoms with van der Waals surface area (Å²) in [4.78, 5) is 17.1. The van der Waals surface area contributed by atoms with Crippen LogP contribution in [0.3, 0.4) is 0 Å². The summed E-state index contributed by atoms with van der Waals surface area (Å²) in [5, 5.41) is 17.4. The molecule has 2 aromatic rings. The van der Waals surface area contributed by atoms with Gasteiger partial charge in [-0.15, -0.1) is 0 Å². The van der Waals surface area contributed by atoms with Gasteiger partial charge < -0.3 is 10.2 Å². The quantitative estimate of drug-likeness (QED) is 0.817. The fraction of sp³-hybridized carbons (Fsp3) is 0.100. The number of carbonyl (C=O) groups is 1. The summed E-state index contributed by atoms with van der Waals surface area (Å²) in [6.07, 6.45) is -4.83. The number of carboxylic acid groups (broad SMARTS) is 1. The molecule has 0 saturated heterocycles. The minimum Gasteiger partial charge on any atom is -0.508 e. The molecule has 94 valence electrons. The Morgan fingerprint density at radius 1 is 1.22 bits per heavy atom. The van der Waals surface area contributed by atoms with Crippen LogP contribution in [0, 0.1) is 0 Å². The first kappa shape index (κ1) is 12.1. The second-order valence-electron chi connectivity index (χ2n) is 3.40. The van der Waals surface area contributed by atoms with E-state index in [9.17, 15) is 18.0 Å². The van der Waals surface area contributed by atoms with Gasteiger partial charge in [0.25, 0.3) is 0 Å². The number of phenols is 1. The Hall–Kier alpha value is -2.38. The Kier molecular flexibility index (Phi) is 2.57. The van der Waals surface area contributed by atoms with Crippen LogP contribution in [0.4, 0.5) is 13.2 Å². The predicted molar refractivity (Wildman–Crippen MR) is 53.2 cm³/mol. The average molecular weight is 258 g/mol. The Balaban J connectivity index is 2.86. The molecule has 0 aliphatic heterocycles. The highest BCUT2D eigenvalue weighted by Gasteiger charge is 2.36. The lowest BCUT2D eigenvalue weighted by Gasteiger charge is -2.10. The number of aromatic hydroxyl groups is 1. The molecule has 0 bridgehead atoms. The van der Waals surface area contributed by atoms with E-state index in [0.29, 0.717) is 0 Å². The summed E-state index contributed by atoms with van der Waals surface area (Å²) in [5.74, 6) is -2.99. The van der Waals surface area contributed by atoms with Crippen molar-refractivity contribution >= 4 is 16.9 Å². The smallest absolute Gasteiger partial charge is 0.434 e. The molecular formula is C10H5F3N2O3. The highest BCUT2D eigenvalue weighted by atomic mass is 19.4. The first-order valence-electron chi connectivity index (χ1n) is 4.60. The van der Waals surface area contributed by atoms with Crippen LogP contribution in [0.15, 0.2) is 18.2 Å². The van der Waals surface area contributed by atoms with Gasteiger partial charge in [0.2, 0.25) is 5.82 Å². The Labute approximate surface area is 97.5 Å². The summed E-state index contributed by atoms with van der Waals surface area (Å²) < 4.78 is 38.2. The van der Waals surface area contributed by atoms with E-state index in [1.807, 2.05) is 0 Å². The maximum Gasteiger partial charge on any atom is 0.434 e. The number of alkyl halides is 3. The molecule has 0 saturated carbocycles. The summed E-state index contributed by atoms with van der Waals surface area (Å²) in [7, 11) is 0. The first-order chi connectivity index (χ1) is 8.29. The number of benzene rings is 1. The van der Waals surface area contributed by atoms with Crippen LogP contribution in [-0.4, -0.2) is 26.2 Å². The second kappa shape index (κ2) is 3.83. The molecule has 0 aliphatic carbocycles. The number of halogens is 3. The number of rotatable bonds is 1. The molecule has 1 aromatic carbocycles. The molecule has 1 heterocycles. The molecule has 1 aromatic heterocycles. The third kappa shape index (κ3) is 2.04. The van der Waals surface area contributed by atoms with Gasteiger partial charge in [0, 0.05) is 5.39 Å². The Morgan fingerprint density at radius 2 is 1.89 bits per heavy atom. The summed E-state index contributed by atoms with van der Waals surface area (Å²) in [6, 6.07) is 3.04. The van der Waals surface area contributed by atoms with Crippen LogP contribution in [-0.2, 0) is 6.18 Å². The average Bonchev–Trinajstić information content (AvgIpc) is 2.26. The largest absolute Gasteiger partial charge is 0.508 e. The third-order valence-corrected chi connectivity index (χ3v) is 2.14. The number of carboxylic acids is 1. The van der Waals surface area contributed by atoms with Gasteiger partial charge in [0.1, 0.15) is 5.75 Å². The van der Waals surface area contributed by atoms with Crippen LogP contribution >= 0.6 is 0 Å². The van der Waals surface area contributed by atoms with Gasteiger partial charge in [-0.2, -0.15) is 13.2 Å². The summed E-state index contributed by atoms with van der Waals surface area (Å²) in [5.41, 5.74) is -1.59. The molecule has 8 heteroatoms. The molecule has 2 N–H and O–H groups in total. The van der Waals surface area contributed by atoms with Crippen molar-refractivity contribution in [2.45, 2.75) is 6.18 Å². The van der Waals surface area contributed by atoms with E-state index in [1.54, 1.807) is 0 Å². The van der Waals surface area contributed by atoms with Crippen molar-refractivity contribution in [2.75, 3.05) is 0 Å². The van der Waals surface area contributed by atoms with Crippen molar-refractivity contribution in [3.05, 3.63) is 29.7 Å². The van der Waals surface area contributed by atoms with Gasteiger partial charge in [-0.3, -0.25) is 0 Å². The second-order valence-corrected chi connectivity index (χ2v) is 3.40. The van der Waals surface area contributed by atoms with Crippen LogP contribution in [0.5, 0.6) is 5.75 Å². The van der Waals surface area contributed by atoms with Gasteiger partial charge in [0.15, 0.2) is 5.69 Å². The van der Waals surface area contributed by atoms with E-state index in [2.05, 4.69) is 9.97 Å². The van der Waals surface area contributed by atoms with E-state index in [1.165, 1.54) is 0 Å². The highest BCUT2D eigenvalue weighted by molar-refractivity contribution is 5.89. The van der Waals surface area contributed by atoms with Crippen LogP contribution in [0.2, 0.25) is 0 Å². The van der Waals surface area contributed by atoms with Gasteiger partial charge in [0.05, 0.1) is 5.52 Å². The topological polar surface area (TPSA) is 83.3 Å². The molecule has 0 radical (unpaired) electrons. The molecule has 0 fully saturated rings. The van der Waals surface area contributed by atoms with Crippen molar-refractivity contribution in [1.82, 2.24) is 9.97 Å². The number of phenolic OH excluding ortho intramolecular Hbond substituents is 1. The van der Waals surface area contributed by atoms with E-state index >= 15 is 0 Å². The Morgan fingerprint density at radius 3 is 2.44 bits per heavy atom. The molecule has 5 nitrogen and oxygen atoms in total. The molecular weight excluding hydrogens is 253 g/mol. The van der Waals surface area contributed by atoms with Crippen LogP contribution in [0.25, 0.3) is 10.9 Å². The molecule has 18 heavy (non-hydrogen) atoms. The van der Waals surface area contributed by atoms with Crippen molar-refractivity contribution in [2.24, 2.45) is 0 Å². The number of aromatic nitrogens is 2. The number of hydrogen-bond donors (Lipinski definition) is 2. The molecule has 0 unspecified atom stereocenters. The molecule has 0 amide bonds. The fourth-order valence-electron chi connectivity index (χ4n) is 1.43. The van der Waals surface area contributed by atoms with Crippen molar-refractivity contribution in [1.29, 1.82) is 0 Å². The monoisotopic (exact) mass is 258 g/mol. The lowest BCUT2D eigenvalue weighted by Crippen LogP contribution is -2.14. The maximum absolute atomic E-state index is 12.7. The molecule has 0 atom stereocenters. The first-order valence-corrected chi connectivity index (χ1v) is 4.60. The van der Waals surface area contributed by atoms with E-state index in [-0.39, 0.29) is 11.3 Å². The zero-order valence-electron chi connectivity index (χ0n) is 8.56. The van der Waals surface area contributed by atoms with Crippen molar-refractivity contribution in [3.63, 3.8) is 0 Å². The van der Waals surface area contributed by atoms with Crippen molar-refractivity contribution < 1.29 is 28.2 Å². The SMILES string of the molecule is O=C(O)c1nc(C(F)(F)F)c2cc(O)ccc2n1. The summed E-state index contributed by atoms with van der Waals surface area (Å²) in [6.45, 7) is 0. The van der Waals surface area contributed by atoms with Crippen LogP contribution in [0.1, 0.15) is 16.3 Å². The molecule has 0 aliphatic rings. The van der Waals surface area contributed by atoms with Gasteiger partial charge >= 0.3 is 12.1 Å². The lowest BCUT2D eigenvalue weighted by molar-refractivity contribution is -0.139. The maximum atomic E-state index is 12.7. The highest BCUT2D eigenvalue weighted by Crippen LogP contribution is 2.34. The predicted octanol–water partition coefficient (Wildman–Crippen LogP) is 2.05. The fourth-order valence-corrected chi connectivity index (χ4v) is 1.43. The number of fused-ring (bicyclic) bond motifs is 1. The zero-order valence-corrected chi connectivity index (χ0v) is 8.56. The van der Waals surface area contributed by atoms with Gasteiger partial charge in [-0.1, -0.05) is 0 Å². The van der Waals surface area contributed by atoms with E-state index in [4.69, 9.17) is 10.2 Å². The van der Waals surface area contributed by atoms with Gasteiger partial charge in [-0.05, 0) is 18.2 Å². The minimum atomic E-state index is -4.83. The van der Waals surface area contributed by atoms with E-state index in [0.717, 1.165) is 18.2 Å². The Bertz CT molecular complexity index is 640. The van der Waals surface area contributed by atoms with Gasteiger partial charge in [-0.25, -0.2) is 14.8 Å². The third-order valence-electron chi connectivity index (χ3n) is 2.14. The summed E-state index contributed by atoms with van der Waals surface area (Å²) >= 11 is 0. The number of hydrogen-bond acceptors (Lipinski definition) is 4. The molecule has 2 rings (SSSR count). The minimum absolute atomic E-state index is 0.201. The van der Waals surface area contributed by atoms with Crippen LogP contribution < -0.4 is 0 Å². The molecule has 0 spiro atoms.